The molecule has 1 N–H and O–H groups in total. The van der Waals surface area contributed by atoms with Gasteiger partial charge in [-0.3, -0.25) is 4.79 Å². The molecule has 200 valence electrons. The summed E-state index contributed by atoms with van der Waals surface area (Å²) >= 11 is 11.9. The van der Waals surface area contributed by atoms with Gasteiger partial charge in [-0.05, 0) is 103 Å². The number of benzene rings is 4. The number of hydrogen-bond donors (Lipinski definition) is 1. The number of ketones is 1. The quantitative estimate of drug-likeness (QED) is 0.221. The van der Waals surface area contributed by atoms with E-state index in [2.05, 4.69) is 11.8 Å². The summed E-state index contributed by atoms with van der Waals surface area (Å²) in [6.45, 7) is 4.05. The van der Waals surface area contributed by atoms with Gasteiger partial charge in [0.1, 0.15) is 28.6 Å². The first-order valence-electron chi connectivity index (χ1n) is 12.9. The molecule has 1 aliphatic heterocycles. The van der Waals surface area contributed by atoms with Crippen molar-refractivity contribution in [1.29, 1.82) is 0 Å². The maximum Gasteiger partial charge on any atom is 0.170 e. The van der Waals surface area contributed by atoms with E-state index in [0.29, 0.717) is 63.7 Å². The molecule has 0 aliphatic carbocycles. The maximum absolute atomic E-state index is 13.8. The maximum atomic E-state index is 13.8. The second-order valence-corrected chi connectivity index (χ2v) is 10.5. The molecular formula is C32H29Cl2NO4. The third-order valence-electron chi connectivity index (χ3n) is 7.18. The average Bonchev–Trinajstić information content (AvgIpc) is 2.96. The second-order valence-electron chi connectivity index (χ2n) is 9.65. The van der Waals surface area contributed by atoms with Gasteiger partial charge in [-0.2, -0.15) is 0 Å². The number of ether oxygens (including phenoxy) is 2. The van der Waals surface area contributed by atoms with Crippen LogP contribution >= 0.6 is 23.2 Å². The lowest BCUT2D eigenvalue weighted by molar-refractivity contribution is -0.0632. The predicted molar refractivity (Wildman–Crippen MR) is 154 cm³/mol. The molecule has 0 amide bonds. The van der Waals surface area contributed by atoms with Gasteiger partial charge >= 0.3 is 0 Å². The number of likely N-dealkylation sites (tertiary alicyclic amines) is 1. The summed E-state index contributed by atoms with van der Waals surface area (Å²) in [5.74, 6) is 1.84. The zero-order valence-electron chi connectivity index (χ0n) is 21.5. The lowest BCUT2D eigenvalue weighted by Gasteiger charge is -2.44. The minimum atomic E-state index is -1.31. The van der Waals surface area contributed by atoms with Crippen LogP contribution in [0.25, 0.3) is 0 Å². The van der Waals surface area contributed by atoms with Gasteiger partial charge in [0.05, 0.1) is 5.92 Å². The van der Waals surface area contributed by atoms with Crippen LogP contribution in [0.3, 0.4) is 0 Å². The summed E-state index contributed by atoms with van der Waals surface area (Å²) in [7, 11) is 0. The van der Waals surface area contributed by atoms with Crippen LogP contribution in [0.15, 0.2) is 97.1 Å². The fraction of sp³-hybridized carbons (Fsp3) is 0.219. The average molecular weight is 562 g/mol. The van der Waals surface area contributed by atoms with E-state index in [1.54, 1.807) is 72.8 Å². The van der Waals surface area contributed by atoms with E-state index in [9.17, 15) is 9.90 Å². The SMILES string of the molecule is CCN1CC[C@](O)(c2ccc(Oc3ccc(Cl)cc3)cc2)[C@H](C(=O)c2ccc(Oc3ccc(Cl)cc3)cc2)C1. The van der Waals surface area contributed by atoms with E-state index >= 15 is 0 Å². The lowest BCUT2D eigenvalue weighted by Crippen LogP contribution is -2.53. The first kappa shape index (κ1) is 27.2. The Balaban J connectivity index is 1.35. The fourth-order valence-electron chi connectivity index (χ4n) is 4.91. The van der Waals surface area contributed by atoms with Crippen molar-refractivity contribution in [1.82, 2.24) is 4.90 Å². The van der Waals surface area contributed by atoms with Crippen LogP contribution in [0, 0.1) is 5.92 Å². The summed E-state index contributed by atoms with van der Waals surface area (Å²) in [6.07, 6.45) is 0.451. The van der Waals surface area contributed by atoms with Gasteiger partial charge in [0, 0.05) is 28.7 Å². The van der Waals surface area contributed by atoms with Crippen molar-refractivity contribution in [3.63, 3.8) is 0 Å². The van der Waals surface area contributed by atoms with E-state index in [0.717, 1.165) is 6.54 Å². The molecule has 1 fully saturated rings. The summed E-state index contributed by atoms with van der Waals surface area (Å²) in [5.41, 5.74) is -0.0784. The number of nitrogens with zero attached hydrogens (tertiary/aromatic N) is 1. The number of Topliss-reactive ketones (excluding diaryl/α,β-unsaturated/α-hetero) is 1. The Morgan fingerprint density at radius 2 is 1.23 bits per heavy atom. The molecule has 1 saturated heterocycles. The first-order chi connectivity index (χ1) is 18.8. The van der Waals surface area contributed by atoms with Crippen LogP contribution < -0.4 is 9.47 Å². The smallest absolute Gasteiger partial charge is 0.170 e. The van der Waals surface area contributed by atoms with Crippen LogP contribution in [0.2, 0.25) is 10.0 Å². The minimum Gasteiger partial charge on any atom is -0.457 e. The van der Waals surface area contributed by atoms with Crippen LogP contribution in [0.4, 0.5) is 0 Å². The highest BCUT2D eigenvalue weighted by Crippen LogP contribution is 2.40. The van der Waals surface area contributed by atoms with E-state index in [1.807, 2.05) is 24.3 Å². The molecular weight excluding hydrogens is 533 g/mol. The Labute approximate surface area is 238 Å². The molecule has 0 bridgehead atoms. The van der Waals surface area contributed by atoms with E-state index in [1.165, 1.54) is 0 Å². The molecule has 0 spiro atoms. The Bertz CT molecular complexity index is 1410. The number of rotatable bonds is 8. The van der Waals surface area contributed by atoms with E-state index < -0.39 is 11.5 Å². The van der Waals surface area contributed by atoms with Crippen molar-refractivity contribution >= 4 is 29.0 Å². The van der Waals surface area contributed by atoms with Gasteiger partial charge in [0.2, 0.25) is 0 Å². The minimum absolute atomic E-state index is 0.102. The fourth-order valence-corrected chi connectivity index (χ4v) is 5.17. The summed E-state index contributed by atoms with van der Waals surface area (Å²) in [5, 5.41) is 13.3. The topological polar surface area (TPSA) is 59.0 Å². The Morgan fingerprint density at radius 1 is 0.795 bits per heavy atom. The number of halogens is 2. The zero-order valence-corrected chi connectivity index (χ0v) is 23.0. The highest BCUT2D eigenvalue weighted by molar-refractivity contribution is 6.30. The van der Waals surface area contributed by atoms with Gasteiger partial charge in [-0.25, -0.2) is 0 Å². The molecule has 2 atom stereocenters. The monoisotopic (exact) mass is 561 g/mol. The molecule has 0 aromatic heterocycles. The van der Waals surface area contributed by atoms with Crippen LogP contribution in [-0.2, 0) is 5.60 Å². The van der Waals surface area contributed by atoms with Crippen LogP contribution in [0.1, 0.15) is 29.3 Å². The molecule has 1 heterocycles. The van der Waals surface area contributed by atoms with Crippen molar-refractivity contribution in [3.05, 3.63) is 118 Å². The number of carbonyl (C=O) groups is 1. The number of piperidine rings is 1. The van der Waals surface area contributed by atoms with Crippen LogP contribution in [-0.4, -0.2) is 35.4 Å². The number of carbonyl (C=O) groups excluding carboxylic acids is 1. The van der Waals surface area contributed by atoms with E-state index in [-0.39, 0.29) is 5.78 Å². The standard InChI is InChI=1S/C32H29Cl2NO4/c1-2-35-20-19-32(37,23-5-13-27(14-6-23)39-29-17-9-25(34)10-18-29)30(21-35)31(36)22-3-11-26(12-4-22)38-28-15-7-24(33)8-16-28/h3-18,30,37H,2,19-21H2,1H3/t30-,32-/m0/s1. The van der Waals surface area contributed by atoms with Crippen molar-refractivity contribution in [3.8, 4) is 23.0 Å². The lowest BCUT2D eigenvalue weighted by atomic mass is 9.72. The second kappa shape index (κ2) is 11.8. The third-order valence-corrected chi connectivity index (χ3v) is 7.69. The summed E-state index contributed by atoms with van der Waals surface area (Å²) in [4.78, 5) is 16.0. The van der Waals surface area contributed by atoms with Gasteiger partial charge in [-0.1, -0.05) is 42.3 Å². The predicted octanol–water partition coefficient (Wildman–Crippen LogP) is 7.99. The summed E-state index contributed by atoms with van der Waals surface area (Å²) in [6, 6.07) is 28.6. The van der Waals surface area contributed by atoms with Crippen molar-refractivity contribution < 1.29 is 19.4 Å². The Kier molecular flexibility index (Phi) is 8.24. The van der Waals surface area contributed by atoms with Crippen LogP contribution in [0.5, 0.6) is 23.0 Å². The molecule has 1 aliphatic rings. The highest BCUT2D eigenvalue weighted by Gasteiger charge is 2.46. The van der Waals surface area contributed by atoms with Gasteiger partial charge < -0.3 is 19.5 Å². The third kappa shape index (κ3) is 6.29. The number of hydrogen-bond acceptors (Lipinski definition) is 5. The Hall–Kier alpha value is -3.35. The molecule has 0 radical (unpaired) electrons. The Morgan fingerprint density at radius 3 is 1.69 bits per heavy atom. The largest absolute Gasteiger partial charge is 0.457 e. The number of aliphatic hydroxyl groups is 1. The van der Waals surface area contributed by atoms with Crippen molar-refractivity contribution in [2.75, 3.05) is 19.6 Å². The molecule has 7 heteroatoms. The zero-order chi connectivity index (χ0) is 27.4. The molecule has 39 heavy (non-hydrogen) atoms. The van der Waals surface area contributed by atoms with E-state index in [4.69, 9.17) is 32.7 Å². The van der Waals surface area contributed by atoms with Gasteiger partial charge in [0.15, 0.2) is 5.78 Å². The van der Waals surface area contributed by atoms with Crippen molar-refractivity contribution in [2.24, 2.45) is 5.92 Å². The molecule has 5 rings (SSSR count). The molecule has 5 nitrogen and oxygen atoms in total. The van der Waals surface area contributed by atoms with Crippen molar-refractivity contribution in [2.45, 2.75) is 18.9 Å². The molecule has 4 aromatic carbocycles. The molecule has 0 unspecified atom stereocenters. The molecule has 4 aromatic rings. The summed E-state index contributed by atoms with van der Waals surface area (Å²) < 4.78 is 11.8. The highest BCUT2D eigenvalue weighted by atomic mass is 35.5. The van der Waals surface area contributed by atoms with Gasteiger partial charge in [0.25, 0.3) is 0 Å². The van der Waals surface area contributed by atoms with Gasteiger partial charge in [-0.15, -0.1) is 0 Å². The normalized spacial score (nSPS) is 19.4. The first-order valence-corrected chi connectivity index (χ1v) is 13.7. The molecule has 0 saturated carbocycles.